The lowest BCUT2D eigenvalue weighted by Gasteiger charge is -2.41. The predicted octanol–water partition coefficient (Wildman–Crippen LogP) is 2.96. The molecule has 0 aromatic rings. The second-order valence-electron chi connectivity index (χ2n) is 4.68. The summed E-state index contributed by atoms with van der Waals surface area (Å²) in [6, 6.07) is 0. The molecule has 1 unspecified atom stereocenters. The molecule has 0 aromatic carbocycles. The normalized spacial score (nSPS) is 29.1. The Kier molecular flexibility index (Phi) is 4.21. The number of carbonyl (C=O) groups excluding carboxylic acids is 1. The highest BCUT2D eigenvalue weighted by Crippen LogP contribution is 2.50. The zero-order valence-electron chi connectivity index (χ0n) is 9.89. The van der Waals surface area contributed by atoms with E-state index < -0.39 is 17.3 Å². The standard InChI is InChI=1S/C11H18F2O2S/c1-8(2)6-10(9(14)15-3)7-16-5-4-11(10,12)13/h8H,4-7H2,1-3H3. The minimum absolute atomic E-state index is 0.0451. The molecule has 1 aliphatic heterocycles. The molecule has 1 saturated heterocycles. The molecule has 0 N–H and O–H groups in total. The Morgan fingerprint density at radius 3 is 2.56 bits per heavy atom. The summed E-state index contributed by atoms with van der Waals surface area (Å²) in [6.45, 7) is 3.69. The van der Waals surface area contributed by atoms with Crippen molar-refractivity contribution in [3.05, 3.63) is 0 Å². The maximum atomic E-state index is 14.0. The van der Waals surface area contributed by atoms with Gasteiger partial charge < -0.3 is 4.74 Å². The summed E-state index contributed by atoms with van der Waals surface area (Å²) in [7, 11) is 1.18. The molecule has 1 aliphatic rings. The summed E-state index contributed by atoms with van der Waals surface area (Å²) in [5, 5.41) is 0. The molecular weight excluding hydrogens is 234 g/mol. The molecule has 0 radical (unpaired) electrons. The first-order valence-electron chi connectivity index (χ1n) is 5.40. The van der Waals surface area contributed by atoms with Crippen molar-refractivity contribution in [2.75, 3.05) is 18.6 Å². The van der Waals surface area contributed by atoms with E-state index in [9.17, 15) is 13.6 Å². The van der Waals surface area contributed by atoms with Crippen LogP contribution in [0.2, 0.25) is 0 Å². The lowest BCUT2D eigenvalue weighted by atomic mass is 9.75. The van der Waals surface area contributed by atoms with Crippen LogP contribution in [-0.4, -0.2) is 30.5 Å². The topological polar surface area (TPSA) is 26.3 Å². The summed E-state index contributed by atoms with van der Waals surface area (Å²) in [6.07, 6.45) is -0.0564. The SMILES string of the molecule is COC(=O)C1(CC(C)C)CSCCC1(F)F. The van der Waals surface area contributed by atoms with Crippen LogP contribution >= 0.6 is 11.8 Å². The number of thioether (sulfide) groups is 1. The number of hydrogen-bond acceptors (Lipinski definition) is 3. The number of carbonyl (C=O) groups is 1. The first kappa shape index (κ1) is 13.7. The number of rotatable bonds is 3. The molecule has 94 valence electrons. The van der Waals surface area contributed by atoms with Gasteiger partial charge in [0, 0.05) is 12.2 Å². The van der Waals surface area contributed by atoms with Crippen molar-refractivity contribution >= 4 is 17.7 Å². The molecule has 0 bridgehead atoms. The van der Waals surface area contributed by atoms with E-state index in [0.717, 1.165) is 0 Å². The van der Waals surface area contributed by atoms with Crippen molar-refractivity contribution < 1.29 is 18.3 Å². The van der Waals surface area contributed by atoms with Crippen molar-refractivity contribution in [1.82, 2.24) is 0 Å². The fourth-order valence-corrected chi connectivity index (χ4v) is 3.52. The minimum Gasteiger partial charge on any atom is -0.468 e. The van der Waals surface area contributed by atoms with Crippen molar-refractivity contribution in [2.45, 2.75) is 32.6 Å². The molecule has 16 heavy (non-hydrogen) atoms. The monoisotopic (exact) mass is 252 g/mol. The summed E-state index contributed by atoms with van der Waals surface area (Å²) < 4.78 is 32.6. The van der Waals surface area contributed by atoms with Gasteiger partial charge in [-0.05, 0) is 18.1 Å². The number of halogens is 2. The van der Waals surface area contributed by atoms with Crippen LogP contribution in [0.4, 0.5) is 8.78 Å². The Morgan fingerprint density at radius 1 is 1.50 bits per heavy atom. The van der Waals surface area contributed by atoms with Crippen LogP contribution in [0, 0.1) is 11.3 Å². The molecule has 2 nitrogen and oxygen atoms in total. The number of esters is 1. The lowest BCUT2D eigenvalue weighted by Crippen LogP contribution is -2.53. The second kappa shape index (κ2) is 4.90. The number of ether oxygens (including phenoxy) is 1. The number of alkyl halides is 2. The molecular formula is C11H18F2O2S. The van der Waals surface area contributed by atoms with Gasteiger partial charge in [0.1, 0.15) is 5.41 Å². The van der Waals surface area contributed by atoms with Gasteiger partial charge in [0.2, 0.25) is 0 Å². The fourth-order valence-electron chi connectivity index (χ4n) is 2.18. The van der Waals surface area contributed by atoms with Crippen LogP contribution in [0.3, 0.4) is 0 Å². The van der Waals surface area contributed by atoms with Gasteiger partial charge in [0.15, 0.2) is 0 Å². The van der Waals surface area contributed by atoms with E-state index in [-0.39, 0.29) is 24.5 Å². The van der Waals surface area contributed by atoms with E-state index in [0.29, 0.717) is 5.75 Å². The number of hydrogen-bond donors (Lipinski definition) is 0. The molecule has 0 saturated carbocycles. The van der Waals surface area contributed by atoms with Crippen LogP contribution in [0.15, 0.2) is 0 Å². The third-order valence-electron chi connectivity index (χ3n) is 2.94. The van der Waals surface area contributed by atoms with E-state index in [1.807, 2.05) is 13.8 Å². The average molecular weight is 252 g/mol. The van der Waals surface area contributed by atoms with Crippen LogP contribution in [0.25, 0.3) is 0 Å². The molecule has 1 atom stereocenters. The highest BCUT2D eigenvalue weighted by atomic mass is 32.2. The highest BCUT2D eigenvalue weighted by Gasteiger charge is 2.60. The molecule has 0 aromatic heterocycles. The van der Waals surface area contributed by atoms with Crippen LogP contribution in [-0.2, 0) is 9.53 Å². The molecule has 0 amide bonds. The van der Waals surface area contributed by atoms with E-state index in [1.54, 1.807) is 0 Å². The Hall–Kier alpha value is -0.320. The van der Waals surface area contributed by atoms with Gasteiger partial charge in [0.25, 0.3) is 5.92 Å². The van der Waals surface area contributed by atoms with Gasteiger partial charge in [-0.1, -0.05) is 13.8 Å². The highest BCUT2D eigenvalue weighted by molar-refractivity contribution is 7.99. The molecule has 0 spiro atoms. The van der Waals surface area contributed by atoms with E-state index in [4.69, 9.17) is 0 Å². The van der Waals surface area contributed by atoms with E-state index >= 15 is 0 Å². The van der Waals surface area contributed by atoms with Gasteiger partial charge in [-0.25, -0.2) is 8.78 Å². The molecule has 1 fully saturated rings. The van der Waals surface area contributed by atoms with Gasteiger partial charge in [-0.3, -0.25) is 4.79 Å². The van der Waals surface area contributed by atoms with Crippen LogP contribution in [0.5, 0.6) is 0 Å². The minimum atomic E-state index is -2.95. The van der Waals surface area contributed by atoms with Crippen molar-refractivity contribution in [1.29, 1.82) is 0 Å². The Balaban J connectivity index is 3.05. The van der Waals surface area contributed by atoms with Gasteiger partial charge in [-0.15, -0.1) is 0 Å². The molecule has 1 rings (SSSR count). The van der Waals surface area contributed by atoms with Gasteiger partial charge in [0.05, 0.1) is 7.11 Å². The van der Waals surface area contributed by atoms with Crippen LogP contribution in [0.1, 0.15) is 26.7 Å². The predicted molar refractivity (Wildman–Crippen MR) is 60.8 cm³/mol. The Morgan fingerprint density at radius 2 is 2.12 bits per heavy atom. The summed E-state index contributed by atoms with van der Waals surface area (Å²) in [5.74, 6) is -3.10. The first-order valence-corrected chi connectivity index (χ1v) is 6.55. The quantitative estimate of drug-likeness (QED) is 0.722. The van der Waals surface area contributed by atoms with Gasteiger partial charge >= 0.3 is 5.97 Å². The molecule has 0 aliphatic carbocycles. The Bertz CT molecular complexity index is 269. The third kappa shape index (κ3) is 2.34. The summed E-state index contributed by atoms with van der Waals surface area (Å²) in [5.41, 5.74) is -1.63. The first-order chi connectivity index (χ1) is 7.35. The van der Waals surface area contributed by atoms with Crippen molar-refractivity contribution in [2.24, 2.45) is 11.3 Å². The second-order valence-corrected chi connectivity index (χ2v) is 5.78. The zero-order chi connectivity index (χ0) is 12.4. The van der Waals surface area contributed by atoms with Gasteiger partial charge in [-0.2, -0.15) is 11.8 Å². The van der Waals surface area contributed by atoms with E-state index in [1.165, 1.54) is 18.9 Å². The van der Waals surface area contributed by atoms with Crippen LogP contribution < -0.4 is 0 Å². The zero-order valence-corrected chi connectivity index (χ0v) is 10.7. The summed E-state index contributed by atoms with van der Waals surface area (Å²) in [4.78, 5) is 11.7. The van der Waals surface area contributed by atoms with E-state index in [2.05, 4.69) is 4.74 Å². The average Bonchev–Trinajstić information content (AvgIpc) is 2.19. The smallest absolute Gasteiger partial charge is 0.318 e. The van der Waals surface area contributed by atoms with Crippen molar-refractivity contribution in [3.8, 4) is 0 Å². The molecule has 5 heteroatoms. The van der Waals surface area contributed by atoms with Crippen molar-refractivity contribution in [3.63, 3.8) is 0 Å². The maximum Gasteiger partial charge on any atom is 0.318 e. The Labute approximate surface area is 99.1 Å². The molecule has 1 heterocycles. The summed E-state index contributed by atoms with van der Waals surface area (Å²) >= 11 is 1.41. The third-order valence-corrected chi connectivity index (χ3v) is 4.13. The largest absolute Gasteiger partial charge is 0.468 e. The fraction of sp³-hybridized carbons (Fsp3) is 0.909. The maximum absolute atomic E-state index is 14.0. The lowest BCUT2D eigenvalue weighted by molar-refractivity contribution is -0.183. The number of methoxy groups -OCH3 is 1.